The first kappa shape index (κ1) is 27.7. The van der Waals surface area contributed by atoms with Crippen molar-refractivity contribution < 1.29 is 19.4 Å². The van der Waals surface area contributed by atoms with Crippen LogP contribution in [0.4, 0.5) is 0 Å². The van der Waals surface area contributed by atoms with Gasteiger partial charge in [0, 0.05) is 50.4 Å². The third kappa shape index (κ3) is 6.47. The van der Waals surface area contributed by atoms with Crippen LogP contribution < -0.4 is 0 Å². The van der Waals surface area contributed by atoms with E-state index in [1.54, 1.807) is 6.07 Å². The zero-order valence-corrected chi connectivity index (χ0v) is 23.6. The lowest BCUT2D eigenvalue weighted by molar-refractivity contribution is -0.149. The fraction of sp³-hybridized carbons (Fsp3) is 0.562. The molecule has 1 saturated carbocycles. The molecule has 5 rings (SSSR count). The molecule has 7 nitrogen and oxygen atoms in total. The molecule has 3 fully saturated rings. The number of phenolic OH excluding ortho intramolecular Hbond substituents is 1. The number of carbonyl (C=O) groups excluding carboxylic acids is 2. The monoisotopic (exact) mass is 533 g/mol. The van der Waals surface area contributed by atoms with Crippen molar-refractivity contribution in [1.29, 1.82) is 0 Å². The number of hydrogen-bond donors (Lipinski definition) is 1. The highest BCUT2D eigenvalue weighted by Crippen LogP contribution is 2.37. The molecule has 2 aromatic carbocycles. The van der Waals surface area contributed by atoms with Gasteiger partial charge in [-0.15, -0.1) is 0 Å². The van der Waals surface area contributed by atoms with Crippen molar-refractivity contribution in [2.24, 2.45) is 11.8 Å². The largest absolute Gasteiger partial charge is 0.508 e. The Morgan fingerprint density at radius 3 is 2.31 bits per heavy atom. The molecule has 210 valence electrons. The number of aromatic hydroxyl groups is 1. The van der Waals surface area contributed by atoms with Crippen molar-refractivity contribution in [2.45, 2.75) is 64.6 Å². The second kappa shape index (κ2) is 12.1. The minimum Gasteiger partial charge on any atom is -0.508 e. The van der Waals surface area contributed by atoms with Gasteiger partial charge >= 0.3 is 5.97 Å². The number of benzene rings is 2. The molecule has 2 saturated heterocycles. The van der Waals surface area contributed by atoms with E-state index in [0.29, 0.717) is 50.2 Å². The lowest BCUT2D eigenvalue weighted by Gasteiger charge is -2.48. The molecule has 0 spiro atoms. The Morgan fingerprint density at radius 1 is 0.949 bits per heavy atom. The molecule has 1 amide bonds. The molecule has 2 heterocycles. The van der Waals surface area contributed by atoms with Crippen LogP contribution >= 0.6 is 0 Å². The number of carbonyl (C=O) groups is 2. The van der Waals surface area contributed by atoms with Gasteiger partial charge < -0.3 is 14.7 Å². The van der Waals surface area contributed by atoms with Crippen LogP contribution in [0.3, 0.4) is 0 Å². The average Bonchev–Trinajstić information content (AvgIpc) is 3.76. The summed E-state index contributed by atoms with van der Waals surface area (Å²) in [7, 11) is 0. The summed E-state index contributed by atoms with van der Waals surface area (Å²) < 4.78 is 5.19. The molecular formula is C32H43N3O4. The number of piperazine rings is 1. The van der Waals surface area contributed by atoms with E-state index < -0.39 is 0 Å². The van der Waals surface area contributed by atoms with Gasteiger partial charge in [-0.1, -0.05) is 24.3 Å². The highest BCUT2D eigenvalue weighted by molar-refractivity contribution is 5.94. The third-order valence-corrected chi connectivity index (χ3v) is 8.72. The van der Waals surface area contributed by atoms with Gasteiger partial charge in [0.1, 0.15) is 5.75 Å². The first-order valence-corrected chi connectivity index (χ1v) is 14.7. The molecule has 1 unspecified atom stereocenters. The van der Waals surface area contributed by atoms with Gasteiger partial charge in [0.2, 0.25) is 0 Å². The van der Waals surface area contributed by atoms with Crippen LogP contribution in [-0.4, -0.2) is 83.1 Å². The standard InChI is InChI=1S/C32H43N3O4/c1-4-39-32(38)25-13-15-33(16-14-25)31(37)28-9-5-7-26(17-28)30(27-8-6-10-29(36)18-27)35-20-22(2)34(19-23(35)3)21-24-11-12-24/h5-10,17-18,22-25,30,36H,4,11-16,19-21H2,1-3H3/t22-,23+,30?/m1/s1. The second-order valence-electron chi connectivity index (χ2n) is 11.7. The van der Waals surface area contributed by atoms with E-state index in [1.807, 2.05) is 42.2 Å². The molecule has 0 aromatic heterocycles. The lowest BCUT2D eigenvalue weighted by atomic mass is 9.92. The van der Waals surface area contributed by atoms with E-state index >= 15 is 0 Å². The van der Waals surface area contributed by atoms with Gasteiger partial charge in [0.15, 0.2) is 0 Å². The number of likely N-dealkylation sites (tertiary alicyclic amines) is 1. The Labute approximate surface area is 232 Å². The predicted molar refractivity (Wildman–Crippen MR) is 152 cm³/mol. The highest BCUT2D eigenvalue weighted by atomic mass is 16.5. The second-order valence-corrected chi connectivity index (χ2v) is 11.7. The summed E-state index contributed by atoms with van der Waals surface area (Å²) in [6, 6.07) is 16.2. The zero-order valence-electron chi connectivity index (χ0n) is 23.6. The molecule has 7 heteroatoms. The molecule has 0 bridgehead atoms. The maximum atomic E-state index is 13.6. The number of hydrogen-bond acceptors (Lipinski definition) is 6. The quantitative estimate of drug-likeness (QED) is 0.496. The fourth-order valence-corrected chi connectivity index (χ4v) is 6.34. The number of amides is 1. The van der Waals surface area contributed by atoms with E-state index in [9.17, 15) is 14.7 Å². The number of esters is 1. The minimum absolute atomic E-state index is 0.00415. The summed E-state index contributed by atoms with van der Waals surface area (Å²) in [6.45, 7) is 11.1. The molecule has 3 aliphatic rings. The van der Waals surface area contributed by atoms with Crippen molar-refractivity contribution in [1.82, 2.24) is 14.7 Å². The smallest absolute Gasteiger partial charge is 0.309 e. The molecule has 2 aliphatic heterocycles. The average molecular weight is 534 g/mol. The van der Waals surface area contributed by atoms with E-state index in [4.69, 9.17) is 4.74 Å². The van der Waals surface area contributed by atoms with Crippen molar-refractivity contribution >= 4 is 11.9 Å². The molecule has 0 radical (unpaired) electrons. The molecule has 39 heavy (non-hydrogen) atoms. The molecule has 2 aromatic rings. The first-order chi connectivity index (χ1) is 18.8. The fourth-order valence-electron chi connectivity index (χ4n) is 6.34. The molecule has 1 aliphatic carbocycles. The van der Waals surface area contributed by atoms with Gasteiger partial charge in [-0.2, -0.15) is 0 Å². The maximum absolute atomic E-state index is 13.6. The Kier molecular flexibility index (Phi) is 8.57. The van der Waals surface area contributed by atoms with Crippen molar-refractivity contribution in [3.63, 3.8) is 0 Å². The van der Waals surface area contributed by atoms with Crippen LogP contribution in [0.5, 0.6) is 5.75 Å². The summed E-state index contributed by atoms with van der Waals surface area (Å²) in [5, 5.41) is 10.4. The SMILES string of the molecule is CCOC(=O)C1CCN(C(=O)c2cccc(C(c3cccc(O)c3)N3C[C@@H](C)N(CC4CC4)C[C@@H]3C)c2)CC1. The predicted octanol–water partition coefficient (Wildman–Crippen LogP) is 4.70. The van der Waals surface area contributed by atoms with Crippen LogP contribution in [-0.2, 0) is 9.53 Å². The Balaban J connectivity index is 1.37. The van der Waals surface area contributed by atoms with E-state index in [2.05, 4.69) is 35.8 Å². The topological polar surface area (TPSA) is 73.3 Å². The van der Waals surface area contributed by atoms with Crippen molar-refractivity contribution in [3.8, 4) is 5.75 Å². The van der Waals surface area contributed by atoms with E-state index in [0.717, 1.165) is 30.1 Å². The van der Waals surface area contributed by atoms with Crippen molar-refractivity contribution in [3.05, 3.63) is 65.2 Å². The summed E-state index contributed by atoms with van der Waals surface area (Å²) >= 11 is 0. The summed E-state index contributed by atoms with van der Waals surface area (Å²) in [5.41, 5.74) is 2.76. The first-order valence-electron chi connectivity index (χ1n) is 14.7. The summed E-state index contributed by atoms with van der Waals surface area (Å²) in [4.78, 5) is 32.7. The molecule has 3 atom stereocenters. The van der Waals surface area contributed by atoms with Crippen LogP contribution in [0.25, 0.3) is 0 Å². The third-order valence-electron chi connectivity index (χ3n) is 8.72. The van der Waals surface area contributed by atoms with Gasteiger partial charge in [-0.3, -0.25) is 19.4 Å². The molecule has 1 N–H and O–H groups in total. The lowest BCUT2D eigenvalue weighted by Crippen LogP contribution is -2.57. The van der Waals surface area contributed by atoms with Gasteiger partial charge in [0.05, 0.1) is 18.6 Å². The van der Waals surface area contributed by atoms with Crippen LogP contribution in [0.15, 0.2) is 48.5 Å². The van der Waals surface area contributed by atoms with Crippen molar-refractivity contribution in [2.75, 3.05) is 39.3 Å². The van der Waals surface area contributed by atoms with E-state index in [1.165, 1.54) is 19.4 Å². The van der Waals surface area contributed by atoms with Gasteiger partial charge in [-0.25, -0.2) is 0 Å². The number of piperidine rings is 1. The highest BCUT2D eigenvalue weighted by Gasteiger charge is 2.37. The number of ether oxygens (including phenoxy) is 1. The zero-order chi connectivity index (χ0) is 27.5. The minimum atomic E-state index is -0.152. The van der Waals surface area contributed by atoms with Crippen LogP contribution in [0.1, 0.15) is 74.0 Å². The van der Waals surface area contributed by atoms with Gasteiger partial charge in [-0.05, 0) is 87.8 Å². The Morgan fingerprint density at radius 2 is 1.64 bits per heavy atom. The number of nitrogens with zero attached hydrogens (tertiary/aromatic N) is 3. The number of phenols is 1. The molecular weight excluding hydrogens is 490 g/mol. The van der Waals surface area contributed by atoms with Crippen LogP contribution in [0, 0.1) is 11.8 Å². The van der Waals surface area contributed by atoms with Gasteiger partial charge in [0.25, 0.3) is 5.91 Å². The normalized spacial score (nSPS) is 23.9. The Hall–Kier alpha value is -2.90. The maximum Gasteiger partial charge on any atom is 0.309 e. The summed E-state index contributed by atoms with van der Waals surface area (Å²) in [5.74, 6) is 0.837. The number of rotatable bonds is 8. The Bertz CT molecular complexity index is 1160. The summed E-state index contributed by atoms with van der Waals surface area (Å²) in [6.07, 6.45) is 3.98. The van der Waals surface area contributed by atoms with Crippen LogP contribution in [0.2, 0.25) is 0 Å². The van der Waals surface area contributed by atoms with E-state index in [-0.39, 0.29) is 29.6 Å².